The first-order valence-corrected chi connectivity index (χ1v) is 15.4. The largest absolute Gasteiger partial charge is 0.497 e. The van der Waals surface area contributed by atoms with Gasteiger partial charge in [0.05, 0.1) is 24.8 Å². The fourth-order valence-corrected chi connectivity index (χ4v) is 5.88. The van der Waals surface area contributed by atoms with E-state index in [9.17, 15) is 18.0 Å². The van der Waals surface area contributed by atoms with Crippen molar-refractivity contribution in [3.63, 3.8) is 0 Å². The Bertz CT molecular complexity index is 1440. The average molecular weight is 596 g/mol. The Morgan fingerprint density at radius 3 is 2.12 bits per heavy atom. The summed E-state index contributed by atoms with van der Waals surface area (Å²) in [6, 6.07) is 19.5. The maximum absolute atomic E-state index is 14.2. The summed E-state index contributed by atoms with van der Waals surface area (Å²) in [6.07, 6.45) is 0.338. The maximum Gasteiger partial charge on any atom is 0.264 e. The number of hydrogen-bond donors (Lipinski definition) is 1. The third-order valence-electron chi connectivity index (χ3n) is 6.82. The third kappa shape index (κ3) is 8.03. The molecule has 0 spiro atoms. The number of nitrogens with one attached hydrogen (secondary N) is 1. The molecule has 0 aliphatic carbocycles. The van der Waals surface area contributed by atoms with E-state index in [-0.39, 0.29) is 29.0 Å². The second-order valence-corrected chi connectivity index (χ2v) is 12.3. The quantitative estimate of drug-likeness (QED) is 0.288. The fourth-order valence-electron chi connectivity index (χ4n) is 4.46. The van der Waals surface area contributed by atoms with Crippen molar-refractivity contribution in [3.05, 3.63) is 83.9 Å². The van der Waals surface area contributed by atoms with Crippen molar-refractivity contribution in [1.29, 1.82) is 0 Å². The Kier molecular flexibility index (Phi) is 11.4. The zero-order chi connectivity index (χ0) is 30.9. The minimum Gasteiger partial charge on any atom is -0.497 e. The van der Waals surface area contributed by atoms with Gasteiger partial charge in [-0.05, 0) is 61.2 Å². The molecule has 0 fully saturated rings. The molecule has 42 heavy (non-hydrogen) atoms. The summed E-state index contributed by atoms with van der Waals surface area (Å²) < 4.78 is 39.9. The van der Waals surface area contributed by atoms with Crippen LogP contribution in [0.4, 0.5) is 5.69 Å². The van der Waals surface area contributed by atoms with E-state index in [0.29, 0.717) is 24.5 Å². The van der Waals surface area contributed by atoms with E-state index < -0.39 is 28.5 Å². The molecule has 0 saturated heterocycles. The molecule has 3 rings (SSSR count). The van der Waals surface area contributed by atoms with Gasteiger partial charge in [-0.1, -0.05) is 62.7 Å². The Morgan fingerprint density at radius 1 is 0.905 bits per heavy atom. The summed E-state index contributed by atoms with van der Waals surface area (Å²) in [7, 11) is -1.19. The lowest BCUT2D eigenvalue weighted by atomic mass is 10.1. The topological polar surface area (TPSA) is 105 Å². The number of ether oxygens (including phenoxy) is 2. The number of sulfonamides is 1. The van der Waals surface area contributed by atoms with Gasteiger partial charge in [-0.15, -0.1) is 0 Å². The highest BCUT2D eigenvalue weighted by Crippen LogP contribution is 2.32. The number of benzene rings is 3. The van der Waals surface area contributed by atoms with Crippen LogP contribution in [0.3, 0.4) is 0 Å². The number of aryl methyl sites for hydroxylation is 1. The van der Waals surface area contributed by atoms with Crippen LogP contribution in [0.15, 0.2) is 77.7 Å². The van der Waals surface area contributed by atoms with Crippen molar-refractivity contribution in [1.82, 2.24) is 10.2 Å². The van der Waals surface area contributed by atoms with Crippen LogP contribution in [-0.4, -0.2) is 58.5 Å². The molecule has 1 N–H and O–H groups in total. The molecule has 0 aliphatic rings. The molecule has 3 aromatic carbocycles. The number of methoxy groups -OCH3 is 2. The van der Waals surface area contributed by atoms with Crippen molar-refractivity contribution in [2.75, 3.05) is 31.6 Å². The first-order chi connectivity index (χ1) is 20.0. The van der Waals surface area contributed by atoms with Crippen LogP contribution < -0.4 is 19.1 Å². The van der Waals surface area contributed by atoms with E-state index in [1.807, 2.05) is 39.8 Å². The zero-order valence-corrected chi connectivity index (χ0v) is 26.0. The lowest BCUT2D eigenvalue weighted by Gasteiger charge is -2.33. The van der Waals surface area contributed by atoms with Gasteiger partial charge in [0.2, 0.25) is 11.8 Å². The van der Waals surface area contributed by atoms with Crippen molar-refractivity contribution in [3.8, 4) is 11.5 Å². The number of para-hydroxylation sites is 2. The normalized spacial score (nSPS) is 12.0. The standard InChI is InChI=1S/C32H41N3O6S/c1-7-28(32(37)33-20-23(2)3)34(21-25-14-16-26(40-5)17-15-25)31(36)22-35(29-10-8-9-11-30(29)41-6)42(38,39)27-18-12-24(4)13-19-27/h8-19,23,28H,7,20-22H2,1-6H3,(H,33,37). The number of carbonyl (C=O) groups excluding carboxylic acids is 2. The van der Waals surface area contributed by atoms with Crippen LogP contribution in [0.5, 0.6) is 11.5 Å². The first-order valence-electron chi connectivity index (χ1n) is 13.9. The molecule has 2 amide bonds. The number of hydrogen-bond acceptors (Lipinski definition) is 6. The summed E-state index contributed by atoms with van der Waals surface area (Å²) in [5.41, 5.74) is 1.89. The summed E-state index contributed by atoms with van der Waals surface area (Å²) >= 11 is 0. The summed E-state index contributed by atoms with van der Waals surface area (Å²) in [4.78, 5) is 29.0. The minimum atomic E-state index is -4.20. The minimum absolute atomic E-state index is 0.0372. The van der Waals surface area contributed by atoms with Crippen LogP contribution >= 0.6 is 0 Å². The molecule has 0 aromatic heterocycles. The number of carbonyl (C=O) groups is 2. The van der Waals surface area contributed by atoms with Gasteiger partial charge >= 0.3 is 0 Å². The number of nitrogens with zero attached hydrogens (tertiary/aromatic N) is 2. The molecule has 1 atom stereocenters. The molecule has 0 heterocycles. The molecule has 3 aromatic rings. The summed E-state index contributed by atoms with van der Waals surface area (Å²) in [5, 5.41) is 2.93. The monoisotopic (exact) mass is 595 g/mol. The Morgan fingerprint density at radius 2 is 1.55 bits per heavy atom. The number of rotatable bonds is 14. The van der Waals surface area contributed by atoms with Crippen LogP contribution in [0.25, 0.3) is 0 Å². The van der Waals surface area contributed by atoms with Crippen molar-refractivity contribution >= 4 is 27.5 Å². The van der Waals surface area contributed by atoms with Crippen LogP contribution in [0.2, 0.25) is 0 Å². The van der Waals surface area contributed by atoms with Gasteiger partial charge in [0.25, 0.3) is 10.0 Å². The van der Waals surface area contributed by atoms with E-state index in [0.717, 1.165) is 15.4 Å². The van der Waals surface area contributed by atoms with Crippen molar-refractivity contribution < 1.29 is 27.5 Å². The predicted octanol–water partition coefficient (Wildman–Crippen LogP) is 4.79. The van der Waals surface area contributed by atoms with E-state index in [1.165, 1.54) is 24.1 Å². The molecule has 226 valence electrons. The maximum atomic E-state index is 14.2. The lowest BCUT2D eigenvalue weighted by molar-refractivity contribution is -0.140. The molecule has 0 aliphatic heterocycles. The second-order valence-electron chi connectivity index (χ2n) is 10.4. The molecule has 10 heteroatoms. The van der Waals surface area contributed by atoms with Gasteiger partial charge < -0.3 is 19.7 Å². The summed E-state index contributed by atoms with van der Waals surface area (Å²) in [5.74, 6) is 0.351. The molecule has 0 bridgehead atoms. The third-order valence-corrected chi connectivity index (χ3v) is 8.60. The fraction of sp³-hybridized carbons (Fsp3) is 0.375. The highest BCUT2D eigenvalue weighted by Gasteiger charge is 2.34. The first kappa shape index (κ1) is 32.5. The number of amides is 2. The predicted molar refractivity (Wildman–Crippen MR) is 164 cm³/mol. The molecular weight excluding hydrogens is 554 g/mol. The van der Waals surface area contributed by atoms with Gasteiger partial charge in [0, 0.05) is 13.1 Å². The Balaban J connectivity index is 2.08. The van der Waals surface area contributed by atoms with Crippen LogP contribution in [0.1, 0.15) is 38.3 Å². The van der Waals surface area contributed by atoms with Crippen LogP contribution in [0, 0.1) is 12.8 Å². The summed E-state index contributed by atoms with van der Waals surface area (Å²) in [6.45, 7) is 7.68. The van der Waals surface area contributed by atoms with E-state index >= 15 is 0 Å². The number of anilines is 1. The smallest absolute Gasteiger partial charge is 0.264 e. The molecule has 0 saturated carbocycles. The Labute approximate surface area is 249 Å². The van der Waals surface area contributed by atoms with E-state index in [2.05, 4.69) is 5.32 Å². The van der Waals surface area contributed by atoms with Gasteiger partial charge in [0.1, 0.15) is 24.1 Å². The van der Waals surface area contributed by atoms with Crippen molar-refractivity contribution in [2.45, 2.75) is 51.6 Å². The second kappa shape index (κ2) is 14.7. The molecular formula is C32H41N3O6S. The Hall–Kier alpha value is -4.05. The zero-order valence-electron chi connectivity index (χ0n) is 25.2. The highest BCUT2D eigenvalue weighted by atomic mass is 32.2. The van der Waals surface area contributed by atoms with E-state index in [4.69, 9.17) is 9.47 Å². The van der Waals surface area contributed by atoms with Gasteiger partial charge in [-0.25, -0.2) is 8.42 Å². The molecule has 1 unspecified atom stereocenters. The molecule has 0 radical (unpaired) electrons. The average Bonchev–Trinajstić information content (AvgIpc) is 2.99. The van der Waals surface area contributed by atoms with Gasteiger partial charge in [-0.3, -0.25) is 13.9 Å². The highest BCUT2D eigenvalue weighted by molar-refractivity contribution is 7.92. The molecule has 9 nitrogen and oxygen atoms in total. The van der Waals surface area contributed by atoms with Gasteiger partial charge in [-0.2, -0.15) is 0 Å². The van der Waals surface area contributed by atoms with E-state index in [1.54, 1.807) is 55.6 Å². The van der Waals surface area contributed by atoms with Crippen LogP contribution in [-0.2, 0) is 26.2 Å². The SMILES string of the molecule is CCC(C(=O)NCC(C)C)N(Cc1ccc(OC)cc1)C(=O)CN(c1ccccc1OC)S(=O)(=O)c1ccc(C)cc1. The van der Waals surface area contributed by atoms with Gasteiger partial charge in [0.15, 0.2) is 0 Å². The lowest BCUT2D eigenvalue weighted by Crippen LogP contribution is -2.52. The van der Waals surface area contributed by atoms with Crippen molar-refractivity contribution in [2.24, 2.45) is 5.92 Å².